The van der Waals surface area contributed by atoms with Crippen LogP contribution in [0, 0.1) is 0 Å². The van der Waals surface area contributed by atoms with E-state index in [0.717, 1.165) is 32.1 Å². The predicted octanol–water partition coefficient (Wildman–Crippen LogP) is 2.79. The van der Waals surface area contributed by atoms with Crippen molar-refractivity contribution >= 4 is 0 Å². The van der Waals surface area contributed by atoms with Crippen LogP contribution in [0.3, 0.4) is 0 Å². The molecule has 1 aliphatic rings. The molecule has 2 nitrogen and oxygen atoms in total. The van der Waals surface area contributed by atoms with Gasteiger partial charge in [-0.05, 0) is 26.4 Å². The highest BCUT2D eigenvalue weighted by Crippen LogP contribution is 2.25. The average molecular weight is 252 g/mol. The number of nitrogens with zero attached hydrogens (tertiary/aromatic N) is 1. The Bertz CT molecular complexity index is 218. The number of rotatable bonds is 4. The quantitative estimate of drug-likeness (QED) is 0.774. The van der Waals surface area contributed by atoms with Gasteiger partial charge in [0.1, 0.15) is 0 Å². The minimum Gasteiger partial charge on any atom is -0.315 e. The van der Waals surface area contributed by atoms with E-state index >= 15 is 0 Å². The van der Waals surface area contributed by atoms with Gasteiger partial charge in [0.2, 0.25) is 0 Å². The maximum absolute atomic E-state index is 12.5. The van der Waals surface area contributed by atoms with Gasteiger partial charge in [-0.3, -0.25) is 4.90 Å². The highest BCUT2D eigenvalue weighted by Gasteiger charge is 2.35. The molecule has 5 heteroatoms. The van der Waals surface area contributed by atoms with Crippen LogP contribution in [0.1, 0.15) is 39.0 Å². The Morgan fingerprint density at radius 3 is 2.35 bits per heavy atom. The number of likely N-dealkylation sites (N-methyl/N-ethyl adjacent to an activating group) is 2. The van der Waals surface area contributed by atoms with Gasteiger partial charge >= 0.3 is 6.18 Å². The lowest BCUT2D eigenvalue weighted by atomic mass is 10.0. The summed E-state index contributed by atoms with van der Waals surface area (Å²) >= 11 is 0. The minimum atomic E-state index is -4.10. The maximum Gasteiger partial charge on any atom is 0.401 e. The van der Waals surface area contributed by atoms with Crippen LogP contribution in [-0.2, 0) is 0 Å². The third-order valence-corrected chi connectivity index (χ3v) is 3.61. The minimum absolute atomic E-state index is 0.0223. The van der Waals surface area contributed by atoms with Gasteiger partial charge in [-0.25, -0.2) is 0 Å². The van der Waals surface area contributed by atoms with E-state index < -0.39 is 12.7 Å². The van der Waals surface area contributed by atoms with E-state index in [1.165, 1.54) is 0 Å². The molecule has 0 aromatic carbocycles. The normalized spacial score (nSPS) is 27.2. The van der Waals surface area contributed by atoms with Gasteiger partial charge in [-0.1, -0.05) is 26.2 Å². The summed E-state index contributed by atoms with van der Waals surface area (Å²) in [5.74, 6) is 0. The van der Waals surface area contributed by atoms with E-state index in [-0.39, 0.29) is 12.1 Å². The summed E-state index contributed by atoms with van der Waals surface area (Å²) in [6, 6.07) is 0.217. The van der Waals surface area contributed by atoms with E-state index in [1.807, 2.05) is 14.0 Å². The Balaban J connectivity index is 2.68. The van der Waals surface area contributed by atoms with Crippen molar-refractivity contribution in [1.82, 2.24) is 10.2 Å². The molecule has 1 rings (SSSR count). The summed E-state index contributed by atoms with van der Waals surface area (Å²) in [6.07, 6.45) is 1.05. The fourth-order valence-corrected chi connectivity index (χ4v) is 2.76. The van der Waals surface area contributed by atoms with Crippen molar-refractivity contribution in [1.29, 1.82) is 0 Å². The molecule has 102 valence electrons. The molecular weight excluding hydrogens is 229 g/mol. The zero-order valence-electron chi connectivity index (χ0n) is 10.7. The molecule has 1 saturated carbocycles. The van der Waals surface area contributed by atoms with E-state index in [9.17, 15) is 13.2 Å². The molecule has 0 aromatic heterocycles. The number of hydrogen-bond donors (Lipinski definition) is 1. The summed E-state index contributed by atoms with van der Waals surface area (Å²) in [7, 11) is 1.85. The van der Waals surface area contributed by atoms with E-state index in [1.54, 1.807) is 4.90 Å². The summed E-state index contributed by atoms with van der Waals surface area (Å²) in [4.78, 5) is 1.58. The monoisotopic (exact) mass is 252 g/mol. The molecule has 0 heterocycles. The Kier molecular flexibility index (Phi) is 5.73. The van der Waals surface area contributed by atoms with Crippen LogP contribution in [0.5, 0.6) is 0 Å². The number of alkyl halides is 3. The van der Waals surface area contributed by atoms with Gasteiger partial charge in [-0.15, -0.1) is 0 Å². The second-order valence-corrected chi connectivity index (χ2v) is 4.78. The van der Waals surface area contributed by atoms with Crippen molar-refractivity contribution in [3.63, 3.8) is 0 Å². The molecule has 1 aliphatic carbocycles. The van der Waals surface area contributed by atoms with Crippen LogP contribution < -0.4 is 5.32 Å². The smallest absolute Gasteiger partial charge is 0.315 e. The second kappa shape index (κ2) is 6.59. The standard InChI is InChI=1S/C12H23F3N2/c1-3-17(9-12(13,14)15)11-8-6-4-5-7-10(11)16-2/h10-11,16H,3-9H2,1-2H3. The molecule has 0 saturated heterocycles. The van der Waals surface area contributed by atoms with Crippen LogP contribution in [-0.4, -0.2) is 43.3 Å². The Hall–Kier alpha value is -0.290. The van der Waals surface area contributed by atoms with E-state index in [4.69, 9.17) is 0 Å². The van der Waals surface area contributed by atoms with Crippen LogP contribution >= 0.6 is 0 Å². The molecule has 0 aromatic rings. The average Bonchev–Trinajstić information content (AvgIpc) is 2.49. The van der Waals surface area contributed by atoms with Crippen molar-refractivity contribution in [3.8, 4) is 0 Å². The van der Waals surface area contributed by atoms with Crippen LogP contribution in [0.2, 0.25) is 0 Å². The zero-order valence-corrected chi connectivity index (χ0v) is 10.7. The molecule has 0 bridgehead atoms. The SMILES string of the molecule is CCN(CC(F)(F)F)C1CCCCCC1NC. The molecule has 1 fully saturated rings. The zero-order chi connectivity index (χ0) is 12.9. The van der Waals surface area contributed by atoms with Crippen molar-refractivity contribution in [2.24, 2.45) is 0 Å². The highest BCUT2D eigenvalue weighted by atomic mass is 19.4. The first-order valence-corrected chi connectivity index (χ1v) is 6.46. The Morgan fingerprint density at radius 2 is 1.82 bits per heavy atom. The first-order valence-electron chi connectivity index (χ1n) is 6.46. The van der Waals surface area contributed by atoms with Crippen molar-refractivity contribution in [2.45, 2.75) is 57.3 Å². The topological polar surface area (TPSA) is 15.3 Å². The lowest BCUT2D eigenvalue weighted by molar-refractivity contribution is -0.151. The third kappa shape index (κ3) is 4.84. The molecule has 17 heavy (non-hydrogen) atoms. The van der Waals surface area contributed by atoms with Crippen molar-refractivity contribution in [2.75, 3.05) is 20.1 Å². The van der Waals surface area contributed by atoms with Crippen molar-refractivity contribution in [3.05, 3.63) is 0 Å². The van der Waals surface area contributed by atoms with Crippen LogP contribution in [0.25, 0.3) is 0 Å². The first kappa shape index (κ1) is 14.8. The molecular formula is C12H23F3N2. The fraction of sp³-hybridized carbons (Fsp3) is 1.00. The first-order chi connectivity index (χ1) is 7.98. The van der Waals surface area contributed by atoms with E-state index in [0.29, 0.717) is 6.54 Å². The molecule has 0 amide bonds. The summed E-state index contributed by atoms with van der Waals surface area (Å²) in [5, 5.41) is 3.19. The fourth-order valence-electron chi connectivity index (χ4n) is 2.76. The second-order valence-electron chi connectivity index (χ2n) is 4.78. The molecule has 0 radical (unpaired) electrons. The largest absolute Gasteiger partial charge is 0.401 e. The number of halogens is 3. The predicted molar refractivity (Wildman–Crippen MR) is 63.0 cm³/mol. The van der Waals surface area contributed by atoms with Gasteiger partial charge < -0.3 is 5.32 Å². The van der Waals surface area contributed by atoms with Gasteiger partial charge in [0.05, 0.1) is 6.54 Å². The molecule has 0 aliphatic heterocycles. The maximum atomic E-state index is 12.5. The third-order valence-electron chi connectivity index (χ3n) is 3.61. The summed E-state index contributed by atoms with van der Waals surface area (Å²) in [6.45, 7) is 1.48. The molecule has 2 unspecified atom stereocenters. The number of hydrogen-bond acceptors (Lipinski definition) is 2. The van der Waals surface area contributed by atoms with E-state index in [2.05, 4.69) is 5.32 Å². The molecule has 0 spiro atoms. The van der Waals surface area contributed by atoms with Crippen LogP contribution in [0.4, 0.5) is 13.2 Å². The Labute approximate surface area is 102 Å². The van der Waals surface area contributed by atoms with Crippen molar-refractivity contribution < 1.29 is 13.2 Å². The summed E-state index contributed by atoms with van der Waals surface area (Å²) in [5.41, 5.74) is 0. The Morgan fingerprint density at radius 1 is 1.18 bits per heavy atom. The highest BCUT2D eigenvalue weighted by molar-refractivity contribution is 4.86. The van der Waals surface area contributed by atoms with Crippen LogP contribution in [0.15, 0.2) is 0 Å². The summed E-state index contributed by atoms with van der Waals surface area (Å²) < 4.78 is 37.6. The molecule has 1 N–H and O–H groups in total. The van der Waals surface area contributed by atoms with Gasteiger partial charge in [0.25, 0.3) is 0 Å². The van der Waals surface area contributed by atoms with Gasteiger partial charge in [0, 0.05) is 12.1 Å². The lowest BCUT2D eigenvalue weighted by Gasteiger charge is -2.35. The van der Waals surface area contributed by atoms with Gasteiger partial charge in [-0.2, -0.15) is 13.2 Å². The lowest BCUT2D eigenvalue weighted by Crippen LogP contribution is -2.51. The molecule has 2 atom stereocenters. The number of nitrogens with one attached hydrogen (secondary N) is 1. The van der Waals surface area contributed by atoms with Gasteiger partial charge in [0.15, 0.2) is 0 Å².